The first-order chi connectivity index (χ1) is 12.4. The van der Waals surface area contributed by atoms with Crippen LogP contribution in [0.25, 0.3) is 0 Å². The van der Waals surface area contributed by atoms with E-state index in [0.29, 0.717) is 32.2 Å². The number of nitrogens with one attached hydrogen (secondary N) is 1. The van der Waals surface area contributed by atoms with Crippen LogP contribution in [0.4, 0.5) is 4.79 Å². The molecule has 1 atom stereocenters. The number of aliphatic hydroxyl groups is 1. The van der Waals surface area contributed by atoms with E-state index in [1.54, 1.807) is 4.90 Å². The minimum atomic E-state index is -0.528. The van der Waals surface area contributed by atoms with Crippen LogP contribution in [0.2, 0.25) is 0 Å². The molecule has 1 aliphatic rings. The third kappa shape index (κ3) is 5.88. The number of hydrogen-bond donors (Lipinski definition) is 2. The van der Waals surface area contributed by atoms with Crippen molar-refractivity contribution in [3.63, 3.8) is 0 Å². The van der Waals surface area contributed by atoms with E-state index in [2.05, 4.69) is 26.0 Å². The van der Waals surface area contributed by atoms with Gasteiger partial charge in [-0.15, -0.1) is 0 Å². The van der Waals surface area contributed by atoms with Crippen molar-refractivity contribution in [3.8, 4) is 5.75 Å². The molecular formula is C20H33N2O4+. The summed E-state index contributed by atoms with van der Waals surface area (Å²) in [4.78, 5) is 14.7. The summed E-state index contributed by atoms with van der Waals surface area (Å²) in [6.45, 7) is 12.4. The summed E-state index contributed by atoms with van der Waals surface area (Å²) in [7, 11) is 0. The van der Waals surface area contributed by atoms with E-state index in [4.69, 9.17) is 9.47 Å². The fraction of sp³-hybridized carbons (Fsp3) is 0.650. The number of benzene rings is 1. The molecule has 0 aliphatic carbocycles. The number of aliphatic hydroxyl groups excluding tert-OH is 1. The fourth-order valence-corrected chi connectivity index (χ4v) is 3.25. The monoisotopic (exact) mass is 365 g/mol. The Bertz CT molecular complexity index is 583. The van der Waals surface area contributed by atoms with E-state index in [0.717, 1.165) is 30.0 Å². The summed E-state index contributed by atoms with van der Waals surface area (Å²) in [6.07, 6.45) is -0.768. The van der Waals surface area contributed by atoms with Gasteiger partial charge in [0.2, 0.25) is 0 Å². The van der Waals surface area contributed by atoms with Gasteiger partial charge in [0.25, 0.3) is 0 Å². The number of carbonyl (C=O) groups is 1. The van der Waals surface area contributed by atoms with Crippen LogP contribution in [0, 0.1) is 6.92 Å². The second-order valence-corrected chi connectivity index (χ2v) is 7.30. The van der Waals surface area contributed by atoms with Crippen LogP contribution in [0.5, 0.6) is 5.75 Å². The van der Waals surface area contributed by atoms with Crippen LogP contribution in [-0.4, -0.2) is 68.1 Å². The molecule has 1 aliphatic heterocycles. The first-order valence-corrected chi connectivity index (χ1v) is 9.57. The van der Waals surface area contributed by atoms with Gasteiger partial charge >= 0.3 is 6.09 Å². The van der Waals surface area contributed by atoms with Crippen molar-refractivity contribution in [1.82, 2.24) is 4.90 Å². The van der Waals surface area contributed by atoms with Crippen LogP contribution in [0.1, 0.15) is 37.8 Å². The van der Waals surface area contributed by atoms with E-state index in [9.17, 15) is 9.90 Å². The molecule has 26 heavy (non-hydrogen) atoms. The standard InChI is InChI=1S/C20H32N2O4/c1-5-25-20(24)22-10-8-21(9-11-22)13-17(23)14-26-19-12-16(4)6-7-18(19)15(2)3/h6-7,12,15,17,23H,5,8-11,13-14H2,1-4H3/p+1/t17-/m1/s1. The first kappa shape index (κ1) is 20.5. The smallest absolute Gasteiger partial charge is 0.410 e. The van der Waals surface area contributed by atoms with Gasteiger partial charge in [-0.3, -0.25) is 4.90 Å². The first-order valence-electron chi connectivity index (χ1n) is 9.57. The highest BCUT2D eigenvalue weighted by molar-refractivity contribution is 5.67. The molecule has 1 amide bonds. The van der Waals surface area contributed by atoms with Gasteiger partial charge in [0.1, 0.15) is 25.0 Å². The Balaban J connectivity index is 1.79. The number of ether oxygens (including phenoxy) is 2. The summed E-state index contributed by atoms with van der Waals surface area (Å²) in [5.74, 6) is 1.24. The molecule has 1 aromatic carbocycles. The van der Waals surface area contributed by atoms with Crippen molar-refractivity contribution in [3.05, 3.63) is 29.3 Å². The molecule has 1 heterocycles. The summed E-state index contributed by atoms with van der Waals surface area (Å²) < 4.78 is 11.0. The molecule has 6 heteroatoms. The third-order valence-corrected chi connectivity index (χ3v) is 4.74. The average Bonchev–Trinajstić information content (AvgIpc) is 2.60. The minimum Gasteiger partial charge on any atom is -0.490 e. The Morgan fingerprint density at radius 2 is 2.00 bits per heavy atom. The molecule has 0 saturated carbocycles. The van der Waals surface area contributed by atoms with Crippen LogP contribution < -0.4 is 9.64 Å². The van der Waals surface area contributed by atoms with Gasteiger partial charge < -0.3 is 19.5 Å². The maximum atomic E-state index is 11.7. The average molecular weight is 365 g/mol. The predicted octanol–water partition coefficient (Wildman–Crippen LogP) is 1.22. The molecule has 146 valence electrons. The van der Waals surface area contributed by atoms with Crippen molar-refractivity contribution in [2.24, 2.45) is 0 Å². The molecule has 0 bridgehead atoms. The molecular weight excluding hydrogens is 332 g/mol. The maximum Gasteiger partial charge on any atom is 0.410 e. The molecule has 0 aromatic heterocycles. The molecule has 2 N–H and O–H groups in total. The lowest BCUT2D eigenvalue weighted by atomic mass is 10.0. The van der Waals surface area contributed by atoms with Gasteiger partial charge in [-0.2, -0.15) is 0 Å². The number of carbonyl (C=O) groups excluding carboxylic acids is 1. The van der Waals surface area contributed by atoms with Gasteiger partial charge in [-0.1, -0.05) is 26.0 Å². The molecule has 1 aromatic rings. The molecule has 0 unspecified atom stereocenters. The van der Waals surface area contributed by atoms with Crippen LogP contribution >= 0.6 is 0 Å². The van der Waals surface area contributed by atoms with Crippen molar-refractivity contribution >= 4 is 6.09 Å². The molecule has 0 radical (unpaired) electrons. The van der Waals surface area contributed by atoms with Gasteiger partial charge in [-0.25, -0.2) is 4.79 Å². The van der Waals surface area contributed by atoms with E-state index < -0.39 is 6.10 Å². The Labute approximate surface area is 156 Å². The Morgan fingerprint density at radius 3 is 2.62 bits per heavy atom. The van der Waals surface area contributed by atoms with Crippen LogP contribution in [-0.2, 0) is 4.74 Å². The Kier molecular flexibility index (Phi) is 7.72. The molecule has 6 nitrogen and oxygen atoms in total. The molecule has 0 spiro atoms. The van der Waals surface area contributed by atoms with Gasteiger partial charge in [-0.05, 0) is 37.0 Å². The largest absolute Gasteiger partial charge is 0.490 e. The van der Waals surface area contributed by atoms with E-state index >= 15 is 0 Å². The van der Waals surface area contributed by atoms with E-state index in [1.165, 1.54) is 4.90 Å². The zero-order valence-electron chi connectivity index (χ0n) is 16.5. The maximum absolute atomic E-state index is 11.7. The number of nitrogens with zero attached hydrogens (tertiary/aromatic N) is 1. The summed E-state index contributed by atoms with van der Waals surface area (Å²) in [5, 5.41) is 10.4. The lowest BCUT2D eigenvalue weighted by molar-refractivity contribution is -0.907. The zero-order chi connectivity index (χ0) is 19.1. The van der Waals surface area contributed by atoms with Gasteiger partial charge in [0.05, 0.1) is 32.8 Å². The Morgan fingerprint density at radius 1 is 1.31 bits per heavy atom. The second kappa shape index (κ2) is 9.78. The van der Waals surface area contributed by atoms with Gasteiger partial charge in [0.15, 0.2) is 0 Å². The number of aryl methyl sites for hydroxylation is 1. The highest BCUT2D eigenvalue weighted by Gasteiger charge is 2.26. The number of piperazine rings is 1. The van der Waals surface area contributed by atoms with Crippen LogP contribution in [0.15, 0.2) is 18.2 Å². The predicted molar refractivity (Wildman–Crippen MR) is 101 cm³/mol. The quantitative estimate of drug-likeness (QED) is 0.763. The van der Waals surface area contributed by atoms with Gasteiger partial charge in [0, 0.05) is 0 Å². The van der Waals surface area contributed by atoms with E-state index in [1.807, 2.05) is 19.9 Å². The fourth-order valence-electron chi connectivity index (χ4n) is 3.25. The number of hydrogen-bond acceptors (Lipinski definition) is 4. The number of quaternary nitrogens is 1. The Hall–Kier alpha value is -1.79. The summed E-state index contributed by atoms with van der Waals surface area (Å²) in [5.41, 5.74) is 2.32. The topological polar surface area (TPSA) is 63.4 Å². The minimum absolute atomic E-state index is 0.240. The highest BCUT2D eigenvalue weighted by atomic mass is 16.6. The van der Waals surface area contributed by atoms with E-state index in [-0.39, 0.29) is 12.7 Å². The normalized spacial score (nSPS) is 16.6. The second-order valence-electron chi connectivity index (χ2n) is 7.30. The lowest BCUT2D eigenvalue weighted by Gasteiger charge is -2.32. The van der Waals surface area contributed by atoms with Crippen molar-refractivity contribution in [2.45, 2.75) is 39.7 Å². The SMILES string of the molecule is CCOC(=O)N1CC[NH+](C[C@@H](O)COc2cc(C)ccc2C(C)C)CC1. The molecule has 2 rings (SSSR count). The van der Waals surface area contributed by atoms with Crippen molar-refractivity contribution in [1.29, 1.82) is 0 Å². The summed E-state index contributed by atoms with van der Waals surface area (Å²) >= 11 is 0. The highest BCUT2D eigenvalue weighted by Crippen LogP contribution is 2.27. The zero-order valence-corrected chi connectivity index (χ0v) is 16.5. The molecule has 1 saturated heterocycles. The van der Waals surface area contributed by atoms with Crippen molar-refractivity contribution in [2.75, 3.05) is 45.9 Å². The van der Waals surface area contributed by atoms with Crippen molar-refractivity contribution < 1.29 is 24.3 Å². The number of rotatable bonds is 7. The summed E-state index contributed by atoms with van der Waals surface area (Å²) in [6, 6.07) is 6.22. The number of amides is 1. The lowest BCUT2D eigenvalue weighted by Crippen LogP contribution is -3.16. The van der Waals surface area contributed by atoms with Crippen LogP contribution in [0.3, 0.4) is 0 Å². The molecule has 1 fully saturated rings. The third-order valence-electron chi connectivity index (χ3n) is 4.74.